The Morgan fingerprint density at radius 3 is 2.29 bits per heavy atom. The van der Waals surface area contributed by atoms with E-state index in [2.05, 4.69) is 5.32 Å². The van der Waals surface area contributed by atoms with Gasteiger partial charge in [0.15, 0.2) is 0 Å². The molecule has 0 aliphatic rings. The summed E-state index contributed by atoms with van der Waals surface area (Å²) in [5.41, 5.74) is 0. The number of hydrogen-bond acceptors (Lipinski definition) is 4. The first-order chi connectivity index (χ1) is 9.86. The molecule has 0 bridgehead atoms. The van der Waals surface area contributed by atoms with Crippen LogP contribution in [0, 0.1) is 5.92 Å². The standard InChI is InChI=1S/C15H25NO5/c1-3-4-9-16-14(19)8-7-13(18)10-12(15(20)21)6-5-11(2)17/h12H,3-10H2,1-2H3,(H,16,19)(H,20,21)/t12-/m1/s1. The predicted molar refractivity (Wildman–Crippen MR) is 77.8 cm³/mol. The molecule has 0 spiro atoms. The third-order valence-electron chi connectivity index (χ3n) is 3.15. The van der Waals surface area contributed by atoms with Gasteiger partial charge in [-0.05, 0) is 19.8 Å². The SMILES string of the molecule is CCCCNC(=O)CCC(=O)C[C@@H](CCC(C)=O)C(=O)O. The molecule has 0 fully saturated rings. The van der Waals surface area contributed by atoms with Gasteiger partial charge in [0.1, 0.15) is 11.6 Å². The van der Waals surface area contributed by atoms with Gasteiger partial charge in [-0.2, -0.15) is 0 Å². The third-order valence-corrected chi connectivity index (χ3v) is 3.15. The average Bonchev–Trinajstić information content (AvgIpc) is 2.41. The van der Waals surface area contributed by atoms with Gasteiger partial charge in [-0.1, -0.05) is 13.3 Å². The summed E-state index contributed by atoms with van der Waals surface area (Å²) < 4.78 is 0. The lowest BCUT2D eigenvalue weighted by Crippen LogP contribution is -2.25. The van der Waals surface area contributed by atoms with Crippen molar-refractivity contribution < 1.29 is 24.3 Å². The molecule has 21 heavy (non-hydrogen) atoms. The van der Waals surface area contributed by atoms with Crippen LogP contribution in [0.15, 0.2) is 0 Å². The number of rotatable bonds is 12. The maximum atomic E-state index is 11.7. The van der Waals surface area contributed by atoms with Crippen LogP contribution in [0.25, 0.3) is 0 Å². The van der Waals surface area contributed by atoms with E-state index in [9.17, 15) is 19.2 Å². The number of carbonyl (C=O) groups excluding carboxylic acids is 3. The molecule has 6 nitrogen and oxygen atoms in total. The van der Waals surface area contributed by atoms with E-state index in [4.69, 9.17) is 5.11 Å². The second-order valence-corrected chi connectivity index (χ2v) is 5.22. The lowest BCUT2D eigenvalue weighted by molar-refractivity contribution is -0.144. The lowest BCUT2D eigenvalue weighted by atomic mass is 9.94. The zero-order chi connectivity index (χ0) is 16.3. The maximum Gasteiger partial charge on any atom is 0.306 e. The van der Waals surface area contributed by atoms with Crippen molar-refractivity contribution in [1.82, 2.24) is 5.32 Å². The molecule has 1 atom stereocenters. The first kappa shape index (κ1) is 19.3. The highest BCUT2D eigenvalue weighted by Gasteiger charge is 2.21. The summed E-state index contributed by atoms with van der Waals surface area (Å²) in [7, 11) is 0. The Hall–Kier alpha value is -1.72. The summed E-state index contributed by atoms with van der Waals surface area (Å²) in [6, 6.07) is 0. The van der Waals surface area contributed by atoms with Gasteiger partial charge in [0.05, 0.1) is 5.92 Å². The van der Waals surface area contributed by atoms with E-state index in [1.807, 2.05) is 6.92 Å². The first-order valence-corrected chi connectivity index (χ1v) is 7.37. The molecule has 0 rings (SSSR count). The summed E-state index contributed by atoms with van der Waals surface area (Å²) >= 11 is 0. The van der Waals surface area contributed by atoms with Crippen LogP contribution in [0.3, 0.4) is 0 Å². The number of ketones is 2. The van der Waals surface area contributed by atoms with E-state index in [-0.39, 0.29) is 49.6 Å². The second-order valence-electron chi connectivity index (χ2n) is 5.22. The molecule has 1 amide bonds. The highest BCUT2D eigenvalue weighted by molar-refractivity contribution is 5.87. The molecule has 2 N–H and O–H groups in total. The minimum absolute atomic E-state index is 0.0435. The number of carboxylic acids is 1. The molecule has 0 aromatic heterocycles. The van der Waals surface area contributed by atoms with Crippen molar-refractivity contribution in [2.75, 3.05) is 6.54 Å². The van der Waals surface area contributed by atoms with Crippen molar-refractivity contribution >= 4 is 23.4 Å². The van der Waals surface area contributed by atoms with Gasteiger partial charge < -0.3 is 15.2 Å². The first-order valence-electron chi connectivity index (χ1n) is 7.37. The summed E-state index contributed by atoms with van der Waals surface area (Å²) in [5.74, 6) is -2.45. The van der Waals surface area contributed by atoms with Crippen LogP contribution >= 0.6 is 0 Å². The highest BCUT2D eigenvalue weighted by Crippen LogP contribution is 2.14. The van der Waals surface area contributed by atoms with Crippen LogP contribution in [0.1, 0.15) is 58.8 Å². The monoisotopic (exact) mass is 299 g/mol. The number of amides is 1. The number of carbonyl (C=O) groups is 4. The summed E-state index contributed by atoms with van der Waals surface area (Å²) in [5, 5.41) is 11.7. The number of Topliss-reactive ketones (excluding diaryl/α,β-unsaturated/α-hetero) is 2. The zero-order valence-corrected chi connectivity index (χ0v) is 12.8. The summed E-state index contributed by atoms with van der Waals surface area (Å²) in [6.45, 7) is 4.00. The topological polar surface area (TPSA) is 101 Å². The van der Waals surface area contributed by atoms with Gasteiger partial charge >= 0.3 is 5.97 Å². The minimum Gasteiger partial charge on any atom is -0.481 e. The Labute approximate surface area is 125 Å². The summed E-state index contributed by atoms with van der Waals surface area (Å²) in [6.07, 6.45) is 2.20. The number of nitrogens with one attached hydrogen (secondary N) is 1. The van der Waals surface area contributed by atoms with Crippen molar-refractivity contribution in [2.24, 2.45) is 5.92 Å². The van der Waals surface area contributed by atoms with E-state index in [0.29, 0.717) is 6.54 Å². The molecular formula is C15H25NO5. The van der Waals surface area contributed by atoms with E-state index in [0.717, 1.165) is 12.8 Å². The number of carboxylic acid groups (broad SMARTS) is 1. The largest absolute Gasteiger partial charge is 0.481 e. The predicted octanol–water partition coefficient (Wildman–Crippen LogP) is 1.71. The van der Waals surface area contributed by atoms with Crippen LogP contribution < -0.4 is 5.32 Å². The van der Waals surface area contributed by atoms with Gasteiger partial charge in [-0.3, -0.25) is 14.4 Å². The van der Waals surface area contributed by atoms with Crippen molar-refractivity contribution in [2.45, 2.75) is 58.8 Å². The van der Waals surface area contributed by atoms with E-state index < -0.39 is 11.9 Å². The van der Waals surface area contributed by atoms with E-state index >= 15 is 0 Å². The summed E-state index contributed by atoms with van der Waals surface area (Å²) in [4.78, 5) is 45.0. The fraction of sp³-hybridized carbons (Fsp3) is 0.733. The second kappa shape index (κ2) is 11.0. The van der Waals surface area contributed by atoms with Gasteiger partial charge in [0, 0.05) is 32.2 Å². The molecule has 0 radical (unpaired) electrons. The van der Waals surface area contributed by atoms with Crippen LogP contribution in [0.2, 0.25) is 0 Å². The molecule has 0 aliphatic heterocycles. The fourth-order valence-electron chi connectivity index (χ4n) is 1.81. The number of unbranched alkanes of at least 4 members (excludes halogenated alkanes) is 1. The molecule has 0 aromatic rings. The van der Waals surface area contributed by atoms with Crippen molar-refractivity contribution in [3.8, 4) is 0 Å². The van der Waals surface area contributed by atoms with Gasteiger partial charge in [0.25, 0.3) is 0 Å². The third kappa shape index (κ3) is 10.7. The number of hydrogen-bond donors (Lipinski definition) is 2. The van der Waals surface area contributed by atoms with Gasteiger partial charge in [-0.15, -0.1) is 0 Å². The lowest BCUT2D eigenvalue weighted by Gasteiger charge is -2.10. The minimum atomic E-state index is -1.07. The van der Waals surface area contributed by atoms with Crippen molar-refractivity contribution in [3.63, 3.8) is 0 Å². The van der Waals surface area contributed by atoms with Crippen LogP contribution in [0.4, 0.5) is 0 Å². The van der Waals surface area contributed by atoms with E-state index in [1.165, 1.54) is 6.92 Å². The quantitative estimate of drug-likeness (QED) is 0.534. The van der Waals surface area contributed by atoms with Gasteiger partial charge in [-0.25, -0.2) is 0 Å². The van der Waals surface area contributed by atoms with Crippen molar-refractivity contribution in [3.05, 3.63) is 0 Å². The normalized spacial score (nSPS) is 11.7. The van der Waals surface area contributed by atoms with Crippen LogP contribution in [-0.4, -0.2) is 35.1 Å². The molecule has 0 unspecified atom stereocenters. The smallest absolute Gasteiger partial charge is 0.306 e. The molecule has 6 heteroatoms. The molecule has 120 valence electrons. The van der Waals surface area contributed by atoms with Crippen LogP contribution in [-0.2, 0) is 19.2 Å². The van der Waals surface area contributed by atoms with E-state index in [1.54, 1.807) is 0 Å². The Bertz CT molecular complexity index is 378. The Balaban J connectivity index is 4.05. The molecule has 0 saturated heterocycles. The molecule has 0 aromatic carbocycles. The Morgan fingerprint density at radius 1 is 1.10 bits per heavy atom. The Kier molecular flexibility index (Phi) is 10.1. The molecule has 0 heterocycles. The highest BCUT2D eigenvalue weighted by atomic mass is 16.4. The fourth-order valence-corrected chi connectivity index (χ4v) is 1.81. The molecular weight excluding hydrogens is 274 g/mol. The maximum absolute atomic E-state index is 11.7. The number of aliphatic carboxylic acids is 1. The Morgan fingerprint density at radius 2 is 1.76 bits per heavy atom. The average molecular weight is 299 g/mol. The van der Waals surface area contributed by atoms with Gasteiger partial charge in [0.2, 0.25) is 5.91 Å². The molecule has 0 aliphatic carbocycles. The molecule has 0 saturated carbocycles. The van der Waals surface area contributed by atoms with Crippen LogP contribution in [0.5, 0.6) is 0 Å². The zero-order valence-electron chi connectivity index (χ0n) is 12.8. The van der Waals surface area contributed by atoms with Crippen molar-refractivity contribution in [1.29, 1.82) is 0 Å².